The SMILES string of the molecule is C.CC(C)C1CCC2(C)C3CC=C4C(CCC(OC5OC(CO)C(O)C(O)C5O)C4(C)C)C3(C)C(O)CC12C.CC(CCC(C)C(C)(C)O)C1CCC2(C)C3CC=C4C(CCC(O)C4(C)C)C3(C)C(O)CC12C.CCC1OC(OCC2OC(OC)C(OC3OC(CO)C(O)C(O)C3O)C(O)C2O)C(O)C(O)C1O.CCCC(OC1OC(CO)C(O)C(O)C1OC1OC(CO)C(C)C(O)C1O)C(C)(C)O. The Hall–Kier alpha value is -1.96. The van der Waals surface area contributed by atoms with E-state index >= 15 is 0 Å². The van der Waals surface area contributed by atoms with Crippen LogP contribution in [0.1, 0.15) is 262 Å². The molecule has 812 valence electrons. The van der Waals surface area contributed by atoms with Crippen LogP contribution in [0.25, 0.3) is 0 Å². The van der Waals surface area contributed by atoms with Crippen LogP contribution in [0.5, 0.6) is 0 Å². The number of rotatable bonds is 26. The molecule has 0 bridgehead atoms. The monoisotopic (exact) mass is 2000 g/mol. The van der Waals surface area contributed by atoms with E-state index in [1.807, 2.05) is 20.8 Å². The molecule has 14 aliphatic rings. The molecule has 6 heterocycles. The number of fused-ring (bicyclic) bond motifs is 10. The minimum Gasteiger partial charge on any atom is -0.394 e. The van der Waals surface area contributed by atoms with E-state index in [4.69, 9.17) is 56.8 Å². The molecule has 139 heavy (non-hydrogen) atoms. The van der Waals surface area contributed by atoms with Crippen molar-refractivity contribution in [2.24, 2.45) is 102 Å². The first-order valence-corrected chi connectivity index (χ1v) is 51.4. The molecular weight excluding hydrogens is 1810 g/mol. The molecule has 49 unspecified atom stereocenters. The van der Waals surface area contributed by atoms with Crippen LogP contribution in [0.2, 0.25) is 0 Å². The number of allylic oxidation sites excluding steroid dienone is 2. The molecule has 0 aromatic carbocycles. The molecule has 0 aromatic rings. The largest absolute Gasteiger partial charge is 0.394 e. The van der Waals surface area contributed by atoms with Crippen LogP contribution in [0.4, 0.5) is 0 Å². The fraction of sp³-hybridized carbons (Fsp3) is 0.961. The first-order chi connectivity index (χ1) is 64.1. The first-order valence-electron chi connectivity index (χ1n) is 51.4. The normalized spacial score (nSPS) is 49.0. The summed E-state index contributed by atoms with van der Waals surface area (Å²) in [6.45, 7) is 42.5. The molecule has 6 aliphatic heterocycles. The minimum atomic E-state index is -1.76. The summed E-state index contributed by atoms with van der Waals surface area (Å²) in [5.74, 6) is 3.73. The van der Waals surface area contributed by atoms with Gasteiger partial charge in [-0.15, -0.1) is 0 Å². The van der Waals surface area contributed by atoms with Crippen LogP contribution in [0, 0.1) is 102 Å². The lowest BCUT2D eigenvalue weighted by Crippen LogP contribution is -2.65. The van der Waals surface area contributed by atoms with E-state index in [1.54, 1.807) is 27.7 Å². The predicted molar refractivity (Wildman–Crippen MR) is 506 cm³/mol. The van der Waals surface area contributed by atoms with Crippen molar-refractivity contribution in [2.45, 2.75) is 482 Å². The molecule has 6 saturated carbocycles. The average molecular weight is 2000 g/mol. The van der Waals surface area contributed by atoms with Gasteiger partial charge in [0.15, 0.2) is 37.7 Å². The highest BCUT2D eigenvalue weighted by Gasteiger charge is 2.73. The van der Waals surface area contributed by atoms with E-state index in [0.29, 0.717) is 66.6 Å². The lowest BCUT2D eigenvalue weighted by Gasteiger charge is -2.67. The molecule has 49 atom stereocenters. The summed E-state index contributed by atoms with van der Waals surface area (Å²) in [5, 5.41) is 248. The van der Waals surface area contributed by atoms with Crippen molar-refractivity contribution >= 4 is 0 Å². The molecule has 24 N–H and O–H groups in total. The second-order valence-electron chi connectivity index (χ2n) is 47.7. The van der Waals surface area contributed by atoms with E-state index in [1.165, 1.54) is 43.9 Å². The van der Waals surface area contributed by atoms with Gasteiger partial charge < -0.3 is 179 Å². The molecular formula is C103H184O36. The highest BCUT2D eigenvalue weighted by Crippen LogP contribution is 2.77. The van der Waals surface area contributed by atoms with Gasteiger partial charge in [-0.2, -0.15) is 0 Å². The minimum absolute atomic E-state index is 0. The van der Waals surface area contributed by atoms with Gasteiger partial charge in [-0.25, -0.2) is 0 Å². The van der Waals surface area contributed by atoms with Crippen molar-refractivity contribution in [1.82, 2.24) is 0 Å². The zero-order chi connectivity index (χ0) is 103. The Labute approximate surface area is 823 Å². The molecule has 6 saturated heterocycles. The van der Waals surface area contributed by atoms with Gasteiger partial charge in [-0.1, -0.05) is 161 Å². The highest BCUT2D eigenvalue weighted by atomic mass is 16.8. The maximum absolute atomic E-state index is 12.0. The van der Waals surface area contributed by atoms with Gasteiger partial charge in [0.1, 0.15) is 122 Å². The molecule has 0 amide bonds. The van der Waals surface area contributed by atoms with Crippen LogP contribution in [0.15, 0.2) is 23.3 Å². The Morgan fingerprint density at radius 1 is 0.403 bits per heavy atom. The third-order valence-electron chi connectivity index (χ3n) is 38.3. The van der Waals surface area contributed by atoms with Crippen molar-refractivity contribution < 1.29 is 179 Å². The number of hydrogen-bond donors (Lipinski definition) is 24. The van der Waals surface area contributed by atoms with Crippen LogP contribution in [-0.4, -0.2) is 383 Å². The zero-order valence-corrected chi connectivity index (χ0v) is 85.7. The molecule has 0 radical (unpaired) electrons. The van der Waals surface area contributed by atoms with Crippen LogP contribution in [-0.2, 0) is 56.8 Å². The molecule has 14 rings (SSSR count). The maximum atomic E-state index is 12.0. The van der Waals surface area contributed by atoms with Gasteiger partial charge in [0.05, 0.1) is 93.1 Å². The summed E-state index contributed by atoms with van der Waals surface area (Å²) < 4.78 is 67.3. The summed E-state index contributed by atoms with van der Waals surface area (Å²) in [7, 11) is 1.22. The van der Waals surface area contributed by atoms with E-state index in [2.05, 4.69) is 109 Å². The Kier molecular flexibility index (Phi) is 39.4. The van der Waals surface area contributed by atoms with Crippen LogP contribution >= 0.6 is 0 Å². The zero-order valence-electron chi connectivity index (χ0n) is 85.7. The Morgan fingerprint density at radius 2 is 0.799 bits per heavy atom. The summed E-state index contributed by atoms with van der Waals surface area (Å²) in [6.07, 6.45) is -21.4. The number of hydrogen-bond acceptors (Lipinski definition) is 36. The predicted octanol–water partition coefficient (Wildman–Crippen LogP) is 3.13. The van der Waals surface area contributed by atoms with E-state index in [0.717, 1.165) is 64.2 Å². The maximum Gasteiger partial charge on any atom is 0.187 e. The van der Waals surface area contributed by atoms with Crippen molar-refractivity contribution in [1.29, 1.82) is 0 Å². The smallest absolute Gasteiger partial charge is 0.187 e. The van der Waals surface area contributed by atoms with Crippen molar-refractivity contribution in [3.8, 4) is 0 Å². The average Bonchev–Trinajstić information content (AvgIpc) is 1.60. The Bertz CT molecular complexity index is 3890. The van der Waals surface area contributed by atoms with Gasteiger partial charge in [0.25, 0.3) is 0 Å². The topological polar surface area (TPSA) is 596 Å². The fourth-order valence-corrected chi connectivity index (χ4v) is 28.3. The summed E-state index contributed by atoms with van der Waals surface area (Å²) in [6, 6.07) is 0. The summed E-state index contributed by atoms with van der Waals surface area (Å²) in [4.78, 5) is 0. The third-order valence-corrected chi connectivity index (χ3v) is 38.3. The van der Waals surface area contributed by atoms with E-state index < -0.39 is 234 Å². The fourth-order valence-electron chi connectivity index (χ4n) is 28.3. The number of aliphatic hydroxyl groups is 24. The summed E-state index contributed by atoms with van der Waals surface area (Å²) >= 11 is 0. The molecule has 0 spiro atoms. The number of methoxy groups -OCH3 is 1. The second-order valence-corrected chi connectivity index (χ2v) is 47.7. The molecule has 36 nitrogen and oxygen atoms in total. The van der Waals surface area contributed by atoms with E-state index in [-0.39, 0.29) is 81.1 Å². The van der Waals surface area contributed by atoms with Crippen molar-refractivity contribution in [3.05, 3.63) is 23.3 Å². The molecule has 8 aliphatic carbocycles. The highest BCUT2D eigenvalue weighted by molar-refractivity contribution is 5.34. The molecule has 36 heteroatoms. The lowest BCUT2D eigenvalue weighted by atomic mass is 9.38. The van der Waals surface area contributed by atoms with Crippen molar-refractivity contribution in [2.75, 3.05) is 40.1 Å². The standard InChI is InChI=1S/C31H52O7.C31H54O3.C20H36O15.C20H38O11.CH4/c1-16(2)17-12-13-29(5)21-10-8-18-19(31(21,7)22(33)14-30(17,29)6)9-11-23(28(18,3)4)38-27-26(36)25(35)24(34)20(15-32)37-27;1-19(10-11-20(2)28(5,6)34)21-16-17-29(7)24-14-12-22-23(13-15-25(32)27(22,3)4)31(24,9)26(33)18-30(21,29)8;1-3-6-9(22)12(25)15(28)18(32-6)31-5-8-11(24)14(27)17(20(30-2)34-8)35-19-16(29)13(26)10(23)7(4-21)33-19;1-5-6-12(20(3,4)27)30-19-17(15(25)14(24)11(8-22)29-19)31-18-16(26)13(23)9(2)10(7-21)28-18;/h8,16-17,19-27,32-36H,9-15H2,1-7H3;12,19-21,23-26,32-34H,10-11,13-18H2,1-9H3;6-29H,3-5H2,1-2H3;9-19,21-27H,5-8H2,1-4H3;1H4. The van der Waals surface area contributed by atoms with Gasteiger partial charge in [-0.05, 0) is 199 Å². The van der Waals surface area contributed by atoms with Gasteiger partial charge in [-0.3, -0.25) is 0 Å². The summed E-state index contributed by atoms with van der Waals surface area (Å²) in [5.41, 5.74) is 0.655. The van der Waals surface area contributed by atoms with Gasteiger partial charge in [0, 0.05) is 34.7 Å². The molecule has 12 fully saturated rings. The van der Waals surface area contributed by atoms with Gasteiger partial charge >= 0.3 is 0 Å². The molecule has 0 aromatic heterocycles. The Balaban J connectivity index is 0.000000191. The second kappa shape index (κ2) is 46.1. The quantitative estimate of drug-likeness (QED) is 0.0553. The Morgan fingerprint density at radius 3 is 1.25 bits per heavy atom. The van der Waals surface area contributed by atoms with Gasteiger partial charge in [0.2, 0.25) is 0 Å². The van der Waals surface area contributed by atoms with Crippen LogP contribution in [0.3, 0.4) is 0 Å². The lowest BCUT2D eigenvalue weighted by molar-refractivity contribution is -0.373. The third kappa shape index (κ3) is 22.3. The number of ether oxygens (including phenoxy) is 12. The van der Waals surface area contributed by atoms with Crippen LogP contribution < -0.4 is 0 Å². The van der Waals surface area contributed by atoms with E-state index in [9.17, 15) is 123 Å². The number of aliphatic hydroxyl groups excluding tert-OH is 22. The van der Waals surface area contributed by atoms with Crippen molar-refractivity contribution in [3.63, 3.8) is 0 Å². The first kappa shape index (κ1) is 119.